The predicted molar refractivity (Wildman–Crippen MR) is 157 cm³/mol. The summed E-state index contributed by atoms with van der Waals surface area (Å²) in [6, 6.07) is 15.1. The summed E-state index contributed by atoms with van der Waals surface area (Å²) >= 11 is 8.14. The van der Waals surface area contributed by atoms with Gasteiger partial charge < -0.3 is 19.6 Å². The number of aliphatic hydroxyl groups is 1. The lowest BCUT2D eigenvalue weighted by molar-refractivity contribution is -0.155. The molecule has 0 radical (unpaired) electrons. The lowest BCUT2D eigenvalue weighted by Gasteiger charge is -2.39. The molecular formula is C31H35ClN2O5S. The molecule has 6 atom stereocenters. The number of aliphatic hydroxyl groups excluding tert-OH is 1. The van der Waals surface area contributed by atoms with Crippen LogP contribution in [0.2, 0.25) is 5.02 Å². The maximum atomic E-state index is 14.8. The highest BCUT2D eigenvalue weighted by Crippen LogP contribution is 2.72. The minimum atomic E-state index is -0.909. The smallest absolute Gasteiger partial charge is 0.311 e. The Morgan fingerprint density at radius 3 is 2.58 bits per heavy atom. The maximum absolute atomic E-state index is 14.8. The number of ether oxygens (including phenoxy) is 1. The van der Waals surface area contributed by atoms with Crippen molar-refractivity contribution in [3.63, 3.8) is 0 Å². The summed E-state index contributed by atoms with van der Waals surface area (Å²) in [6.45, 7) is 7.70. The molecule has 2 aromatic rings. The first-order valence-electron chi connectivity index (χ1n) is 13.7. The van der Waals surface area contributed by atoms with Gasteiger partial charge in [-0.15, -0.1) is 18.3 Å². The summed E-state index contributed by atoms with van der Waals surface area (Å²) in [4.78, 5) is 45.8. The number of rotatable bonds is 10. The lowest BCUT2D eigenvalue weighted by atomic mass is 9.66. The van der Waals surface area contributed by atoms with Gasteiger partial charge in [-0.05, 0) is 50.8 Å². The summed E-state index contributed by atoms with van der Waals surface area (Å²) in [6.07, 6.45) is 3.28. The molecule has 0 saturated carbocycles. The fourth-order valence-corrected chi connectivity index (χ4v) is 9.58. The highest BCUT2D eigenvalue weighted by atomic mass is 35.5. The number of thioether (sulfide) groups is 1. The number of carbonyl (C=O) groups is 3. The van der Waals surface area contributed by atoms with Gasteiger partial charge in [-0.3, -0.25) is 14.4 Å². The van der Waals surface area contributed by atoms with Crippen LogP contribution >= 0.6 is 23.4 Å². The zero-order valence-electron chi connectivity index (χ0n) is 22.8. The van der Waals surface area contributed by atoms with E-state index in [1.165, 1.54) is 0 Å². The summed E-state index contributed by atoms with van der Waals surface area (Å²) in [5.74, 6) is -2.38. The second-order valence-electron chi connectivity index (χ2n) is 10.9. The molecule has 0 aromatic heterocycles. The lowest BCUT2D eigenvalue weighted by Crippen LogP contribution is -2.58. The number of carbonyl (C=O) groups excluding carboxylic acids is 3. The Morgan fingerprint density at radius 2 is 1.93 bits per heavy atom. The van der Waals surface area contributed by atoms with Crippen LogP contribution in [0.3, 0.4) is 0 Å². The number of esters is 1. The average molecular weight is 583 g/mol. The van der Waals surface area contributed by atoms with E-state index in [9.17, 15) is 19.5 Å². The molecule has 1 N–H and O–H groups in total. The Balaban J connectivity index is 1.64. The Kier molecular flexibility index (Phi) is 8.06. The van der Waals surface area contributed by atoms with Gasteiger partial charge in [-0.25, -0.2) is 0 Å². The monoisotopic (exact) mass is 582 g/mol. The number of likely N-dealkylation sites (tertiary alicyclic amines) is 1. The zero-order chi connectivity index (χ0) is 28.7. The van der Waals surface area contributed by atoms with Crippen LogP contribution in [0.4, 0.5) is 5.69 Å². The SMILES string of the molecule is C=CCN(C(=O)C1N([C@@H](CO)Cc2ccccc2)C(=O)[C@@H]2[C@H](C(=O)OCC)[C@]3(C)CCC12S3)c1ccccc1Cl. The van der Waals surface area contributed by atoms with E-state index in [1.807, 2.05) is 43.3 Å². The number of halogens is 1. The molecule has 3 fully saturated rings. The first kappa shape index (κ1) is 28.7. The molecule has 7 nitrogen and oxygen atoms in total. The predicted octanol–water partition coefficient (Wildman–Crippen LogP) is 4.51. The molecule has 3 aliphatic rings. The van der Waals surface area contributed by atoms with Gasteiger partial charge in [0.25, 0.3) is 5.91 Å². The Morgan fingerprint density at radius 1 is 1.23 bits per heavy atom. The number of benzene rings is 2. The highest BCUT2D eigenvalue weighted by molar-refractivity contribution is 8.02. The number of hydrogen-bond donors (Lipinski definition) is 1. The number of amides is 2. The molecule has 40 heavy (non-hydrogen) atoms. The van der Waals surface area contributed by atoms with Gasteiger partial charge in [0.1, 0.15) is 6.04 Å². The van der Waals surface area contributed by atoms with Gasteiger partial charge in [0.05, 0.1) is 46.5 Å². The van der Waals surface area contributed by atoms with Crippen LogP contribution in [0.25, 0.3) is 0 Å². The van der Waals surface area contributed by atoms with Crippen LogP contribution in [0.1, 0.15) is 32.3 Å². The molecule has 2 bridgehead atoms. The second kappa shape index (κ2) is 11.2. The Bertz CT molecular complexity index is 1310. The number of nitrogens with zero attached hydrogens (tertiary/aromatic N) is 2. The molecule has 9 heteroatoms. The largest absolute Gasteiger partial charge is 0.466 e. The fourth-order valence-electron chi connectivity index (χ4n) is 7.02. The van der Waals surface area contributed by atoms with Crippen molar-refractivity contribution in [2.24, 2.45) is 11.8 Å². The molecule has 3 heterocycles. The van der Waals surface area contributed by atoms with E-state index in [0.717, 1.165) is 5.56 Å². The van der Waals surface area contributed by atoms with Gasteiger partial charge in [-0.2, -0.15) is 0 Å². The molecule has 2 amide bonds. The van der Waals surface area contributed by atoms with Crippen molar-refractivity contribution >= 4 is 46.8 Å². The van der Waals surface area contributed by atoms with Crippen molar-refractivity contribution in [1.82, 2.24) is 4.90 Å². The molecule has 3 aliphatic heterocycles. The van der Waals surface area contributed by atoms with E-state index in [0.29, 0.717) is 30.0 Å². The van der Waals surface area contributed by atoms with Crippen LogP contribution in [-0.4, -0.2) is 69.1 Å². The van der Waals surface area contributed by atoms with Gasteiger partial charge in [0, 0.05) is 11.3 Å². The standard InChI is InChI=1S/C31H35ClN2O5S/c1-4-17-33(23-14-10-9-13-22(23)32)28(37)26-31-16-15-30(3,40-31)25(29(38)39-5-2)24(31)27(36)34(26)21(19-35)18-20-11-7-6-8-12-20/h4,6-14,21,24-26,35H,1,5,15-19H2,2-3H3/t21-,24+,25-,26?,30+,31?/m1/s1. The van der Waals surface area contributed by atoms with E-state index in [2.05, 4.69) is 6.58 Å². The van der Waals surface area contributed by atoms with Gasteiger partial charge in [0.15, 0.2) is 0 Å². The minimum Gasteiger partial charge on any atom is -0.466 e. The van der Waals surface area contributed by atoms with Crippen molar-refractivity contribution in [2.45, 2.75) is 54.7 Å². The molecular weight excluding hydrogens is 548 g/mol. The van der Waals surface area contributed by atoms with E-state index in [-0.39, 0.29) is 31.6 Å². The summed E-state index contributed by atoms with van der Waals surface area (Å²) in [7, 11) is 0. The normalized spacial score (nSPS) is 29.2. The Labute approximate surface area is 244 Å². The quantitative estimate of drug-likeness (QED) is 0.328. The molecule has 0 aliphatic carbocycles. The van der Waals surface area contributed by atoms with Gasteiger partial charge in [-0.1, -0.05) is 60.1 Å². The van der Waals surface area contributed by atoms with Crippen LogP contribution in [0.15, 0.2) is 67.3 Å². The van der Waals surface area contributed by atoms with E-state index < -0.39 is 39.4 Å². The zero-order valence-corrected chi connectivity index (χ0v) is 24.4. The fraction of sp³-hybridized carbons (Fsp3) is 0.452. The highest BCUT2D eigenvalue weighted by Gasteiger charge is 2.78. The molecule has 2 unspecified atom stereocenters. The summed E-state index contributed by atoms with van der Waals surface area (Å²) < 4.78 is 4.11. The summed E-state index contributed by atoms with van der Waals surface area (Å²) in [5.41, 5.74) is 1.46. The number of para-hydroxylation sites is 1. The van der Waals surface area contributed by atoms with E-state index in [1.54, 1.807) is 52.8 Å². The third-order valence-corrected chi connectivity index (χ3v) is 10.9. The van der Waals surface area contributed by atoms with Crippen LogP contribution in [0, 0.1) is 11.8 Å². The van der Waals surface area contributed by atoms with Crippen molar-refractivity contribution in [1.29, 1.82) is 0 Å². The molecule has 3 saturated heterocycles. The average Bonchev–Trinajstić information content (AvgIpc) is 3.52. The topological polar surface area (TPSA) is 87.2 Å². The van der Waals surface area contributed by atoms with Crippen molar-refractivity contribution < 1.29 is 24.2 Å². The van der Waals surface area contributed by atoms with Crippen LogP contribution in [-0.2, 0) is 25.5 Å². The molecule has 212 valence electrons. The van der Waals surface area contributed by atoms with E-state index >= 15 is 0 Å². The minimum absolute atomic E-state index is 0.188. The van der Waals surface area contributed by atoms with Crippen LogP contribution < -0.4 is 4.90 Å². The second-order valence-corrected chi connectivity index (χ2v) is 13.2. The Hall–Kier alpha value is -2.81. The van der Waals surface area contributed by atoms with Crippen LogP contribution in [0.5, 0.6) is 0 Å². The third-order valence-electron chi connectivity index (χ3n) is 8.63. The number of hydrogen-bond acceptors (Lipinski definition) is 6. The van der Waals surface area contributed by atoms with E-state index in [4.69, 9.17) is 16.3 Å². The third kappa shape index (κ3) is 4.54. The van der Waals surface area contributed by atoms with Crippen molar-refractivity contribution in [3.8, 4) is 0 Å². The summed E-state index contributed by atoms with van der Waals surface area (Å²) in [5, 5.41) is 11.1. The van der Waals surface area contributed by atoms with Gasteiger partial charge >= 0.3 is 5.97 Å². The molecule has 2 aromatic carbocycles. The number of anilines is 1. The van der Waals surface area contributed by atoms with Crippen molar-refractivity contribution in [3.05, 3.63) is 77.8 Å². The maximum Gasteiger partial charge on any atom is 0.311 e. The first-order chi connectivity index (χ1) is 19.2. The molecule has 5 rings (SSSR count). The first-order valence-corrected chi connectivity index (χ1v) is 14.9. The molecule has 1 spiro atoms. The van der Waals surface area contributed by atoms with Crippen molar-refractivity contribution in [2.75, 3.05) is 24.7 Å². The number of fused-ring (bicyclic) bond motifs is 1. The van der Waals surface area contributed by atoms with Gasteiger partial charge in [0.2, 0.25) is 5.91 Å².